The number of carboxylic acids is 1. The summed E-state index contributed by atoms with van der Waals surface area (Å²) in [5, 5.41) is 14.5. The van der Waals surface area contributed by atoms with E-state index in [2.05, 4.69) is 58.7 Å². The molecule has 0 fully saturated rings. The van der Waals surface area contributed by atoms with Gasteiger partial charge in [0.15, 0.2) is 5.65 Å². The zero-order valence-electron chi connectivity index (χ0n) is 31.2. The maximum atomic E-state index is 13.4. The van der Waals surface area contributed by atoms with Crippen molar-refractivity contribution in [1.29, 1.82) is 0 Å². The number of thiazole rings is 2. The van der Waals surface area contributed by atoms with Gasteiger partial charge in [-0.05, 0) is 67.0 Å². The first-order valence-corrected chi connectivity index (χ1v) is 20.1. The van der Waals surface area contributed by atoms with E-state index in [1.54, 1.807) is 54.2 Å². The van der Waals surface area contributed by atoms with Crippen LogP contribution >= 0.6 is 22.7 Å². The number of aromatic nitrogens is 6. The Morgan fingerprint density at radius 2 is 1.45 bits per heavy atom. The Bertz CT molecular complexity index is 2530. The Balaban J connectivity index is 0.000000255. The molecule has 0 saturated carbocycles. The largest absolute Gasteiger partial charge is 1.00 e. The number of H-pyrrole nitrogens is 1. The molecule has 17 heteroatoms. The minimum atomic E-state index is -3.87. The van der Waals surface area contributed by atoms with Crippen molar-refractivity contribution in [3.63, 3.8) is 0 Å². The van der Waals surface area contributed by atoms with Crippen molar-refractivity contribution in [2.24, 2.45) is 11.8 Å². The molecule has 6 heterocycles. The maximum Gasteiger partial charge on any atom is 1.00 e. The van der Waals surface area contributed by atoms with E-state index in [1.165, 1.54) is 15.7 Å². The van der Waals surface area contributed by atoms with Gasteiger partial charge in [0, 0.05) is 57.4 Å². The van der Waals surface area contributed by atoms with Crippen LogP contribution in [0.25, 0.3) is 44.6 Å². The number of aromatic carboxylic acids is 1. The number of carbonyl (C=O) groups is 2. The third-order valence-electron chi connectivity index (χ3n) is 8.04. The number of esters is 1. The predicted octanol–water partition coefficient (Wildman–Crippen LogP) is 5.18. The molecule has 0 bridgehead atoms. The fourth-order valence-electron chi connectivity index (χ4n) is 5.82. The molecule has 13 nitrogen and oxygen atoms in total. The van der Waals surface area contributed by atoms with Crippen LogP contribution in [-0.2, 0) is 27.6 Å². The van der Waals surface area contributed by atoms with E-state index in [9.17, 15) is 18.0 Å². The molecule has 0 saturated heterocycles. The first-order valence-electron chi connectivity index (χ1n) is 16.9. The number of hydrogen-bond donors (Lipinski definition) is 2. The zero-order chi connectivity index (χ0) is 37.9. The molecule has 7 aromatic rings. The number of pyridine rings is 2. The van der Waals surface area contributed by atoms with Crippen molar-refractivity contribution >= 4 is 66.7 Å². The molecule has 6 aromatic heterocycles. The normalized spacial score (nSPS) is 11.3. The summed E-state index contributed by atoms with van der Waals surface area (Å²) in [4.78, 5) is 43.8. The van der Waals surface area contributed by atoms with E-state index in [1.807, 2.05) is 18.5 Å². The minimum absolute atomic E-state index is 0. The summed E-state index contributed by atoms with van der Waals surface area (Å²) in [6.45, 7) is 10.6. The van der Waals surface area contributed by atoms with E-state index in [4.69, 9.17) is 9.84 Å². The maximum absolute atomic E-state index is 13.4. The van der Waals surface area contributed by atoms with Gasteiger partial charge in [0.1, 0.15) is 5.65 Å². The molecule has 0 aliphatic rings. The van der Waals surface area contributed by atoms with E-state index < -0.39 is 22.0 Å². The van der Waals surface area contributed by atoms with Crippen LogP contribution in [0.1, 0.15) is 65.3 Å². The zero-order valence-corrected chi connectivity index (χ0v) is 35.6. The molecule has 1 aromatic carbocycles. The smallest absolute Gasteiger partial charge is 0.870 e. The van der Waals surface area contributed by atoms with Crippen molar-refractivity contribution in [3.05, 3.63) is 99.2 Å². The summed E-state index contributed by atoms with van der Waals surface area (Å²) in [6, 6.07) is 12.3. The van der Waals surface area contributed by atoms with Crippen molar-refractivity contribution in [1.82, 2.24) is 28.9 Å². The van der Waals surface area contributed by atoms with Crippen molar-refractivity contribution in [3.8, 4) is 22.5 Å². The Kier molecular flexibility index (Phi) is 14.7. The van der Waals surface area contributed by atoms with Crippen LogP contribution < -0.4 is 29.6 Å². The molecule has 0 radical (unpaired) electrons. The summed E-state index contributed by atoms with van der Waals surface area (Å²) in [7, 11) is -3.87. The van der Waals surface area contributed by atoms with Gasteiger partial charge in [-0.2, -0.15) is 0 Å². The molecular weight excluding hydrogens is 772 g/mol. The van der Waals surface area contributed by atoms with Gasteiger partial charge in [-0.1, -0.05) is 45.9 Å². The third-order valence-corrected chi connectivity index (χ3v) is 11.4. The molecular formula is C38H39N6NaO7S3. The monoisotopic (exact) mass is 810 g/mol. The van der Waals surface area contributed by atoms with Gasteiger partial charge < -0.3 is 20.3 Å². The quantitative estimate of drug-likeness (QED) is 0.129. The Labute approximate surface area is 348 Å². The summed E-state index contributed by atoms with van der Waals surface area (Å²) in [6.07, 6.45) is 8.73. The van der Waals surface area contributed by atoms with E-state index >= 15 is 0 Å². The molecule has 7 rings (SSSR count). The van der Waals surface area contributed by atoms with Crippen LogP contribution in [-0.4, -0.2) is 66.4 Å². The Hall–Kier alpha value is -4.29. The number of aromatic amines is 1. The second-order valence-corrected chi connectivity index (χ2v) is 16.6. The fourth-order valence-corrected chi connectivity index (χ4v) is 8.53. The van der Waals surface area contributed by atoms with E-state index in [0.29, 0.717) is 39.8 Å². The third kappa shape index (κ3) is 9.75. The first-order chi connectivity index (χ1) is 25.3. The standard InChI is InChI=1S/C23H23N3O4S2.C15H15N3O2S.Na.H2O/c1-4-30-23(27)22-25-20(14-31-22)19-13-26(32(28,29)17-8-6-5-7-9-17)21-18(19)11-16(12-24-21)10-15(2)3;1-8(2)3-9-4-10-11(6-17-13(10)16-5-9)12-7-21-14(18-12)15(19)20;;/h5-9,11-15H,4,10H2,1-3H3;4-8H,3H2,1-2H3,(H,16,17)(H,19,20);;1H2/q;;+1;/p-1. The van der Waals surface area contributed by atoms with Crippen LogP contribution in [0.4, 0.5) is 0 Å². The van der Waals surface area contributed by atoms with Crippen molar-refractivity contribution in [2.75, 3.05) is 6.61 Å². The fraction of sp³-hybridized carbons (Fsp3) is 0.263. The van der Waals surface area contributed by atoms with Crippen LogP contribution in [0, 0.1) is 11.8 Å². The van der Waals surface area contributed by atoms with Gasteiger partial charge in [0.25, 0.3) is 10.0 Å². The second-order valence-electron chi connectivity index (χ2n) is 13.1. The molecule has 0 atom stereocenters. The summed E-state index contributed by atoms with van der Waals surface area (Å²) in [5.74, 6) is -0.514. The average molecular weight is 811 g/mol. The number of nitrogens with zero attached hydrogens (tertiary/aromatic N) is 5. The number of hydrogen-bond acceptors (Lipinski definition) is 12. The number of benzene rings is 1. The van der Waals surface area contributed by atoms with Crippen LogP contribution in [0.2, 0.25) is 0 Å². The van der Waals surface area contributed by atoms with Crippen LogP contribution in [0.15, 0.2) is 82.9 Å². The average Bonchev–Trinajstić information content (AvgIpc) is 3.94. The van der Waals surface area contributed by atoms with Crippen LogP contribution in [0.3, 0.4) is 0 Å². The summed E-state index contributed by atoms with van der Waals surface area (Å²) in [5.41, 5.74) is 5.97. The molecule has 0 aliphatic heterocycles. The number of fused-ring (bicyclic) bond motifs is 2. The molecule has 3 N–H and O–H groups in total. The van der Waals surface area contributed by atoms with E-state index in [0.717, 1.165) is 57.7 Å². The second kappa shape index (κ2) is 18.6. The summed E-state index contributed by atoms with van der Waals surface area (Å²) < 4.78 is 33.0. The molecule has 0 spiro atoms. The van der Waals surface area contributed by atoms with Gasteiger partial charge >= 0.3 is 41.5 Å². The molecule has 282 valence electrons. The summed E-state index contributed by atoms with van der Waals surface area (Å²) >= 11 is 2.30. The molecule has 0 aliphatic carbocycles. The predicted molar refractivity (Wildman–Crippen MR) is 209 cm³/mol. The Morgan fingerprint density at radius 3 is 2.05 bits per heavy atom. The first kappa shape index (κ1) is 43.4. The molecule has 55 heavy (non-hydrogen) atoms. The minimum Gasteiger partial charge on any atom is -0.870 e. The van der Waals surface area contributed by atoms with Crippen molar-refractivity contribution < 1.29 is 62.9 Å². The number of carboxylic acid groups (broad SMARTS) is 1. The van der Waals surface area contributed by atoms with E-state index in [-0.39, 0.29) is 56.6 Å². The van der Waals surface area contributed by atoms with Gasteiger partial charge in [-0.25, -0.2) is 41.9 Å². The van der Waals surface area contributed by atoms with Crippen molar-refractivity contribution in [2.45, 2.75) is 52.4 Å². The SMILES string of the molecule is CC(C)Cc1cnc2[nH]cc(-c3csc(C(=O)O)n3)c2c1.CCOC(=O)c1nc(-c2cn(S(=O)(=O)c3ccccc3)c3ncc(CC(C)C)cc23)cs1.[Na+].[OH-]. The Morgan fingerprint density at radius 1 is 0.873 bits per heavy atom. The number of nitrogens with one attached hydrogen (secondary N) is 1. The number of carbonyl (C=O) groups excluding carboxylic acids is 1. The molecule has 0 unspecified atom stereocenters. The molecule has 0 amide bonds. The van der Waals surface area contributed by atoms with Gasteiger partial charge in [-0.3, -0.25) is 0 Å². The van der Waals surface area contributed by atoms with Gasteiger partial charge in [0.2, 0.25) is 10.0 Å². The topological polar surface area (TPSA) is 200 Å². The van der Waals surface area contributed by atoms with Gasteiger partial charge in [-0.15, -0.1) is 22.7 Å². The number of ether oxygens (including phenoxy) is 1. The van der Waals surface area contributed by atoms with Crippen LogP contribution in [0.5, 0.6) is 0 Å². The van der Waals surface area contributed by atoms with Gasteiger partial charge in [0.05, 0.1) is 22.9 Å². The number of rotatable bonds is 11.